The number of fused-ring (bicyclic) bond motifs is 3. The Morgan fingerprint density at radius 1 is 1.19 bits per heavy atom. The molecule has 1 saturated carbocycles. The number of aliphatic hydroxyl groups is 1. The fourth-order valence-corrected chi connectivity index (χ4v) is 5.01. The molecular weight excluding hydrogens is 338 g/mol. The Kier molecular flexibility index (Phi) is 5.15. The molecule has 27 heavy (non-hydrogen) atoms. The Labute approximate surface area is 163 Å². The molecule has 3 aliphatic rings. The minimum atomic E-state index is -0.228. The van der Waals surface area contributed by atoms with E-state index in [1.165, 1.54) is 17.5 Å². The van der Waals surface area contributed by atoms with Gasteiger partial charge in [-0.3, -0.25) is 4.90 Å². The predicted octanol–water partition coefficient (Wildman–Crippen LogP) is 4.34. The lowest BCUT2D eigenvalue weighted by molar-refractivity contribution is -0.0259. The Morgan fingerprint density at radius 2 is 1.96 bits per heavy atom. The van der Waals surface area contributed by atoms with Gasteiger partial charge in [-0.1, -0.05) is 20.8 Å². The van der Waals surface area contributed by atoms with E-state index in [4.69, 9.17) is 9.47 Å². The molecule has 0 amide bonds. The maximum Gasteiger partial charge on any atom is 0.161 e. The first-order valence-corrected chi connectivity index (χ1v) is 10.6. The van der Waals surface area contributed by atoms with Gasteiger partial charge in [0.15, 0.2) is 11.5 Å². The molecule has 0 radical (unpaired) electrons. The molecule has 2 fully saturated rings. The van der Waals surface area contributed by atoms with E-state index in [9.17, 15) is 5.11 Å². The number of methoxy groups -OCH3 is 1. The second-order valence-corrected chi connectivity index (χ2v) is 9.96. The van der Waals surface area contributed by atoms with Crippen molar-refractivity contribution in [2.75, 3.05) is 20.2 Å². The van der Waals surface area contributed by atoms with Gasteiger partial charge in [-0.15, -0.1) is 0 Å². The normalized spacial score (nSPS) is 28.9. The van der Waals surface area contributed by atoms with Gasteiger partial charge in [0.1, 0.15) is 0 Å². The number of benzene rings is 1. The molecule has 1 aliphatic carbocycles. The van der Waals surface area contributed by atoms with Crippen LogP contribution in [-0.2, 0) is 6.42 Å². The summed E-state index contributed by atoms with van der Waals surface area (Å²) in [4.78, 5) is 2.58. The van der Waals surface area contributed by atoms with Gasteiger partial charge in [-0.05, 0) is 73.1 Å². The maximum absolute atomic E-state index is 10.9. The van der Waals surface area contributed by atoms with E-state index in [1.54, 1.807) is 7.11 Å². The van der Waals surface area contributed by atoms with Crippen molar-refractivity contribution in [1.29, 1.82) is 0 Å². The van der Waals surface area contributed by atoms with Crippen molar-refractivity contribution in [3.8, 4) is 11.5 Å². The molecule has 1 N–H and O–H groups in total. The molecule has 1 aromatic rings. The highest BCUT2D eigenvalue weighted by atomic mass is 16.5. The van der Waals surface area contributed by atoms with Gasteiger partial charge >= 0.3 is 0 Å². The molecule has 3 unspecified atom stereocenters. The van der Waals surface area contributed by atoms with Gasteiger partial charge in [-0.2, -0.15) is 0 Å². The van der Waals surface area contributed by atoms with E-state index in [-0.39, 0.29) is 11.5 Å². The highest BCUT2D eigenvalue weighted by Gasteiger charge is 2.40. The molecule has 1 saturated heterocycles. The number of hydrogen-bond acceptors (Lipinski definition) is 4. The second kappa shape index (κ2) is 7.29. The molecular formula is C23H35NO3. The Morgan fingerprint density at radius 3 is 2.59 bits per heavy atom. The van der Waals surface area contributed by atoms with Crippen LogP contribution in [0, 0.1) is 11.3 Å². The third-order valence-corrected chi connectivity index (χ3v) is 6.59. The van der Waals surface area contributed by atoms with Crippen LogP contribution < -0.4 is 9.47 Å². The van der Waals surface area contributed by atoms with E-state index < -0.39 is 0 Å². The van der Waals surface area contributed by atoms with E-state index in [1.807, 2.05) is 0 Å². The summed E-state index contributed by atoms with van der Waals surface area (Å²) in [6, 6.07) is 4.68. The fraction of sp³-hybridized carbons (Fsp3) is 0.739. The topological polar surface area (TPSA) is 41.9 Å². The molecule has 0 spiro atoms. The molecule has 2 aliphatic heterocycles. The lowest BCUT2D eigenvalue weighted by atomic mass is 9.75. The van der Waals surface area contributed by atoms with Gasteiger partial charge in [0.25, 0.3) is 0 Å². The fourth-order valence-electron chi connectivity index (χ4n) is 5.01. The third kappa shape index (κ3) is 3.97. The number of nitrogens with zero attached hydrogens (tertiary/aromatic N) is 1. The van der Waals surface area contributed by atoms with E-state index in [0.717, 1.165) is 56.7 Å². The predicted molar refractivity (Wildman–Crippen MR) is 107 cm³/mol. The van der Waals surface area contributed by atoms with Crippen LogP contribution in [0.3, 0.4) is 0 Å². The number of rotatable bonds is 4. The Balaban J connectivity index is 1.56. The van der Waals surface area contributed by atoms with Crippen molar-refractivity contribution in [3.63, 3.8) is 0 Å². The molecule has 2 heterocycles. The van der Waals surface area contributed by atoms with Crippen LogP contribution >= 0.6 is 0 Å². The number of hydrogen-bond donors (Lipinski definition) is 1. The zero-order valence-corrected chi connectivity index (χ0v) is 17.3. The highest BCUT2D eigenvalue weighted by Crippen LogP contribution is 2.45. The van der Waals surface area contributed by atoms with Crippen molar-refractivity contribution in [2.45, 2.75) is 77.5 Å². The van der Waals surface area contributed by atoms with E-state index >= 15 is 0 Å². The van der Waals surface area contributed by atoms with Crippen LogP contribution in [0.1, 0.15) is 70.0 Å². The van der Waals surface area contributed by atoms with Gasteiger partial charge in [0.05, 0.1) is 19.3 Å². The highest BCUT2D eigenvalue weighted by molar-refractivity contribution is 5.50. The summed E-state index contributed by atoms with van der Waals surface area (Å²) in [5, 5.41) is 10.9. The maximum atomic E-state index is 10.9. The van der Waals surface area contributed by atoms with Crippen LogP contribution in [0.25, 0.3) is 0 Å². The number of piperidine rings is 1. The number of aliphatic hydroxyl groups excluding tert-OH is 1. The molecule has 3 atom stereocenters. The van der Waals surface area contributed by atoms with E-state index in [2.05, 4.69) is 37.8 Å². The molecule has 150 valence electrons. The minimum Gasteiger partial charge on any atom is -0.493 e. The van der Waals surface area contributed by atoms with Crippen molar-refractivity contribution >= 4 is 0 Å². The molecule has 0 bridgehead atoms. The second-order valence-electron chi connectivity index (χ2n) is 9.96. The van der Waals surface area contributed by atoms with Gasteiger partial charge in [0.2, 0.25) is 0 Å². The average molecular weight is 374 g/mol. The first-order chi connectivity index (χ1) is 12.8. The van der Waals surface area contributed by atoms with Gasteiger partial charge in [0, 0.05) is 19.1 Å². The summed E-state index contributed by atoms with van der Waals surface area (Å²) in [5.74, 6) is 2.11. The monoisotopic (exact) mass is 373 g/mol. The first kappa shape index (κ1) is 19.1. The molecule has 4 nitrogen and oxygen atoms in total. The van der Waals surface area contributed by atoms with Crippen molar-refractivity contribution in [2.24, 2.45) is 11.3 Å². The van der Waals surface area contributed by atoms with Gasteiger partial charge < -0.3 is 14.6 Å². The average Bonchev–Trinajstić information content (AvgIpc) is 2.57. The standard InChI is InChI=1S/C23H35NO3/c1-23(2,3)13-16-14-24-9-8-15-10-22(27-17-6-5-7-17)21(26-4)11-18(15)19(24)12-20(16)25/h10-11,16-17,19-20,25H,5-9,12-14H2,1-4H3. The van der Waals surface area contributed by atoms with Crippen LogP contribution in [0.4, 0.5) is 0 Å². The lowest BCUT2D eigenvalue weighted by Gasteiger charge is -2.47. The Bertz CT molecular complexity index is 677. The third-order valence-electron chi connectivity index (χ3n) is 6.59. The summed E-state index contributed by atoms with van der Waals surface area (Å²) in [5.41, 5.74) is 2.95. The minimum absolute atomic E-state index is 0.228. The van der Waals surface area contributed by atoms with Crippen LogP contribution in [0.15, 0.2) is 12.1 Å². The van der Waals surface area contributed by atoms with Crippen molar-refractivity contribution in [1.82, 2.24) is 4.90 Å². The quantitative estimate of drug-likeness (QED) is 0.852. The first-order valence-electron chi connectivity index (χ1n) is 10.6. The molecule has 4 heteroatoms. The summed E-state index contributed by atoms with van der Waals surface area (Å²) >= 11 is 0. The lowest BCUT2D eigenvalue weighted by Crippen LogP contribution is -2.48. The van der Waals surface area contributed by atoms with Crippen LogP contribution in [0.2, 0.25) is 0 Å². The molecule has 0 aromatic heterocycles. The van der Waals surface area contributed by atoms with Crippen LogP contribution in [0.5, 0.6) is 11.5 Å². The largest absolute Gasteiger partial charge is 0.493 e. The van der Waals surface area contributed by atoms with E-state index in [0.29, 0.717) is 18.1 Å². The SMILES string of the molecule is COc1cc2c(cc1OC1CCC1)CCN1CC(CC(C)(C)C)C(O)CC21. The zero-order valence-electron chi connectivity index (χ0n) is 17.3. The van der Waals surface area contributed by atoms with Crippen molar-refractivity contribution < 1.29 is 14.6 Å². The van der Waals surface area contributed by atoms with Crippen molar-refractivity contribution in [3.05, 3.63) is 23.3 Å². The summed E-state index contributed by atoms with van der Waals surface area (Å²) in [7, 11) is 1.73. The summed E-state index contributed by atoms with van der Waals surface area (Å²) < 4.78 is 11.8. The van der Waals surface area contributed by atoms with Gasteiger partial charge in [-0.25, -0.2) is 0 Å². The summed E-state index contributed by atoms with van der Waals surface area (Å²) in [6.07, 6.45) is 6.63. The molecule has 4 rings (SSSR count). The number of ether oxygens (including phenoxy) is 2. The molecule has 1 aromatic carbocycles. The van der Waals surface area contributed by atoms with Crippen LogP contribution in [-0.4, -0.2) is 42.4 Å². The smallest absolute Gasteiger partial charge is 0.161 e. The summed E-state index contributed by atoms with van der Waals surface area (Å²) in [6.45, 7) is 8.87. The Hall–Kier alpha value is -1.26. The zero-order chi connectivity index (χ0) is 19.2.